The number of aliphatic carboxylic acids is 2. The fourth-order valence-electron chi connectivity index (χ4n) is 16.9. The maximum atomic E-state index is 14.4. The third-order valence-corrected chi connectivity index (χ3v) is 24.0. The van der Waals surface area contributed by atoms with E-state index in [9.17, 15) is 136 Å². The number of carboxylic acids is 2. The molecule has 0 aromatic carbocycles. The Hall–Kier alpha value is -4.74. The number of amides is 3. The van der Waals surface area contributed by atoms with Crippen molar-refractivity contribution in [3.8, 4) is 0 Å². The van der Waals surface area contributed by atoms with Crippen LogP contribution in [0.3, 0.4) is 0 Å². The van der Waals surface area contributed by atoms with Crippen LogP contribution in [-0.4, -0.2) is 390 Å². The Kier molecular flexibility index (Phi) is 49.3. The Morgan fingerprint density at radius 3 is 1.39 bits per heavy atom. The summed E-state index contributed by atoms with van der Waals surface area (Å²) >= 11 is 0. The Labute approximate surface area is 740 Å². The quantitative estimate of drug-likeness (QED) is 0.0213. The van der Waals surface area contributed by atoms with Crippen molar-refractivity contribution in [3.05, 3.63) is 24.3 Å². The number of hydrogen-bond acceptors (Lipinski definition) is 37. The van der Waals surface area contributed by atoms with Gasteiger partial charge in [-0.05, 0) is 51.9 Å². The highest BCUT2D eigenvalue weighted by atomic mass is 16.8. The van der Waals surface area contributed by atoms with Crippen molar-refractivity contribution in [2.24, 2.45) is 5.92 Å². The lowest BCUT2D eigenvalue weighted by Gasteiger charge is -2.53. The molecular formula is C85H147N3O39. The van der Waals surface area contributed by atoms with Gasteiger partial charge in [0.15, 0.2) is 25.2 Å². The van der Waals surface area contributed by atoms with Gasteiger partial charge in [0.25, 0.3) is 11.6 Å². The van der Waals surface area contributed by atoms with Crippen LogP contribution in [0, 0.1) is 5.92 Å². The summed E-state index contributed by atoms with van der Waals surface area (Å²) < 4.78 is 72.5. The molecule has 6 heterocycles. The van der Waals surface area contributed by atoms with Gasteiger partial charge in [-0.15, -0.1) is 0 Å². The molecule has 2 unspecified atom stereocenters. The number of aliphatic hydroxyl groups excluding tert-OH is 19. The van der Waals surface area contributed by atoms with E-state index in [1.165, 1.54) is 83.1 Å². The summed E-state index contributed by atoms with van der Waals surface area (Å²) in [6.45, 7) is -0.825. The van der Waals surface area contributed by atoms with E-state index in [4.69, 9.17) is 56.8 Å². The first-order chi connectivity index (χ1) is 60.6. The maximum absolute atomic E-state index is 14.4. The van der Waals surface area contributed by atoms with Crippen molar-refractivity contribution in [1.82, 2.24) is 16.0 Å². The van der Waals surface area contributed by atoms with E-state index < -0.39 is 308 Å². The fourth-order valence-corrected chi connectivity index (χ4v) is 16.9. The van der Waals surface area contributed by atoms with E-state index in [-0.39, 0.29) is 6.42 Å². The third kappa shape index (κ3) is 32.5. The number of Topliss-reactive ketones (excluding diaryl/α,β-unsaturated/α-hetero) is 1. The lowest BCUT2D eigenvalue weighted by Crippen LogP contribution is -2.72. The van der Waals surface area contributed by atoms with E-state index in [0.717, 1.165) is 91.4 Å². The van der Waals surface area contributed by atoms with Crippen molar-refractivity contribution in [1.29, 1.82) is 0 Å². The molecule has 0 aliphatic carbocycles. The van der Waals surface area contributed by atoms with Gasteiger partial charge in [-0.2, -0.15) is 0 Å². The van der Waals surface area contributed by atoms with Gasteiger partial charge < -0.3 is 185 Å². The number of allylic oxidation sites excluding steroid dienone is 3. The van der Waals surface area contributed by atoms with Gasteiger partial charge in [-0.1, -0.05) is 154 Å². The van der Waals surface area contributed by atoms with Crippen molar-refractivity contribution in [2.75, 3.05) is 46.2 Å². The summed E-state index contributed by atoms with van der Waals surface area (Å²) in [5, 5.41) is 245. The van der Waals surface area contributed by atoms with E-state index in [1.54, 1.807) is 6.08 Å². The Balaban J connectivity index is 1.34. The van der Waals surface area contributed by atoms with Crippen LogP contribution in [0.15, 0.2) is 24.3 Å². The summed E-state index contributed by atoms with van der Waals surface area (Å²) in [5.41, 5.74) is 0. The molecule has 6 fully saturated rings. The number of carboxylic acid groups (broad SMARTS) is 2. The molecule has 0 spiro atoms. The molecule has 34 atom stereocenters. The first kappa shape index (κ1) is 111. The third-order valence-electron chi connectivity index (χ3n) is 24.0. The van der Waals surface area contributed by atoms with Crippen LogP contribution >= 0.6 is 0 Å². The molecule has 0 aromatic heterocycles. The molecule has 3 amide bonds. The summed E-state index contributed by atoms with van der Waals surface area (Å²) in [7, 11) is 0. The summed E-state index contributed by atoms with van der Waals surface area (Å²) in [5.74, 6) is -16.5. The molecule has 6 saturated heterocycles. The average Bonchev–Trinajstić information content (AvgIpc) is 0.733. The topological polar surface area (TPSA) is 674 Å². The van der Waals surface area contributed by atoms with Gasteiger partial charge in [-0.25, -0.2) is 9.59 Å². The van der Waals surface area contributed by atoms with Gasteiger partial charge in [0.2, 0.25) is 17.7 Å². The van der Waals surface area contributed by atoms with Crippen LogP contribution in [0.1, 0.15) is 221 Å². The van der Waals surface area contributed by atoms with Crippen molar-refractivity contribution >= 4 is 35.4 Å². The number of hydrogen-bond donors (Lipinski definition) is 24. The smallest absolute Gasteiger partial charge is 0.364 e. The predicted molar refractivity (Wildman–Crippen MR) is 441 cm³/mol. The number of aliphatic hydroxyl groups is 19. The highest BCUT2D eigenvalue weighted by Crippen LogP contribution is 2.44. The molecule has 42 nitrogen and oxygen atoms in total. The first-order valence-electron chi connectivity index (χ1n) is 45.1. The highest BCUT2D eigenvalue weighted by Gasteiger charge is 2.64. The summed E-state index contributed by atoms with van der Waals surface area (Å²) in [6, 6.07) is -5.11. The van der Waals surface area contributed by atoms with Gasteiger partial charge in [0.05, 0.1) is 88.8 Å². The monoisotopic (exact) mass is 1830 g/mol. The average molecular weight is 1840 g/mol. The Morgan fingerprint density at radius 1 is 0.449 bits per heavy atom. The molecule has 0 radical (unpaired) electrons. The predicted octanol–water partition coefficient (Wildman–Crippen LogP) is -3.00. The molecular weight excluding hydrogens is 1690 g/mol. The van der Waals surface area contributed by atoms with Crippen LogP contribution in [-0.2, 0) is 85.6 Å². The standard InChI is InChI=1S/C85H147N3O39/c1-6-8-10-12-14-16-18-20-21-23-25-27-29-31-33-35-60(102)88-50(51(98)34-32-30-28-26-24-22-19-17-15-13-11-9-7-2)45-116-79-70(110)68(108)73(58(43-93)119-79)122-81-71(111)77(74(59(44-94)120-81)123-78-49(36-46(3)95)72(65(105)56(41-91)117-78)121-80-69(109)67(107)64(104)55(40-90)118-80)127-85(83(114)115)38-53(100)62(87-48(5)97)76(126-85)66(106)57(42-92)124-84(82(112)113)37-52(99)61(86-47(4)96)75(125-84)63(103)54(101)39-89/h20-21,32,34,49-59,61-81,89-94,98-101,103-111H,6-19,22-31,33,35-45H2,1-5H3,(H,86,96)(H,87,97)(H,88,102)(H,112,113)(H,114,115)/t49-,50+,51-,52+,53+,54-,55-,56-,57-,58-,59-,61-,62-,63-,64+,65+,66-,67+,68-,69-,70-,71-,72-,73-,74+,75?,76?,77-,78+,79-,80+,81+,84-,85+/m1/s1. The molecule has 6 rings (SSSR count). The minimum absolute atomic E-state index is 0.0744. The largest absolute Gasteiger partial charge is 0.477 e. The van der Waals surface area contributed by atoms with Gasteiger partial charge >= 0.3 is 11.9 Å². The van der Waals surface area contributed by atoms with Crippen molar-refractivity contribution < 1.29 is 193 Å². The SMILES string of the molecule is CCCCCCCCC=CCCCCCCCC(=O)N[C@@H](CO[C@@H]1O[C@H](CO)[C@@H](O[C@@H]2O[C@H](CO)[C@H](O[C@@H]3O[C@H](CO)[C@H](O)[C@H](O[C@@H]4O[C@H](CO)[C@H](O)[C@H](O)[C@H]4O)[C@H]3CC(C)=O)[C@H](O[C@]3(C(=O)O)C[C@H](O)[C@@H](NC(C)=O)C([C@H](O)[C@@H](CO)O[C@]4(C(=O)O)C[C@H](O)[C@@H](NC(C)=O)C([C@H](O)[C@H](O)CO)O4)O3)[C@H]2O)[C@H](O)[C@H]1O)[C@H](O)C=CCCCCCCCCCCCCC. The van der Waals surface area contributed by atoms with Crippen LogP contribution in [0.4, 0.5) is 0 Å². The number of unbranched alkanes of at least 4 members (excludes halogenated alkanes) is 22. The number of rotatable bonds is 59. The number of carbonyl (C=O) groups is 6. The zero-order valence-corrected chi connectivity index (χ0v) is 73.5. The van der Waals surface area contributed by atoms with E-state index in [0.29, 0.717) is 12.8 Å². The minimum atomic E-state index is -3.68. The van der Waals surface area contributed by atoms with Crippen molar-refractivity contribution in [2.45, 2.75) is 422 Å². The Bertz CT molecular complexity index is 3240. The van der Waals surface area contributed by atoms with Gasteiger partial charge in [-0.3, -0.25) is 14.4 Å². The highest BCUT2D eigenvalue weighted by molar-refractivity contribution is 5.78. The minimum Gasteiger partial charge on any atom is -0.477 e. The molecule has 6 aliphatic rings. The maximum Gasteiger partial charge on any atom is 0.364 e. The molecule has 736 valence electrons. The zero-order valence-electron chi connectivity index (χ0n) is 73.5. The normalized spacial score (nSPS) is 35.2. The molecule has 127 heavy (non-hydrogen) atoms. The lowest BCUT2D eigenvalue weighted by molar-refractivity contribution is -0.407. The second-order valence-corrected chi connectivity index (χ2v) is 34.2. The van der Waals surface area contributed by atoms with E-state index in [2.05, 4.69) is 41.9 Å². The Morgan fingerprint density at radius 2 is 0.882 bits per heavy atom. The van der Waals surface area contributed by atoms with Gasteiger partial charge in [0, 0.05) is 45.4 Å². The summed E-state index contributed by atoms with van der Waals surface area (Å²) in [4.78, 5) is 80.5. The van der Waals surface area contributed by atoms with Crippen molar-refractivity contribution in [3.63, 3.8) is 0 Å². The number of carbonyl (C=O) groups excluding carboxylic acids is 4. The molecule has 24 N–H and O–H groups in total. The lowest BCUT2D eigenvalue weighted by atomic mass is 9.86. The molecule has 0 bridgehead atoms. The fraction of sp³-hybridized carbons (Fsp3) is 0.882. The second kappa shape index (κ2) is 56.4. The molecule has 0 saturated carbocycles. The van der Waals surface area contributed by atoms with Crippen LogP contribution < -0.4 is 16.0 Å². The van der Waals surface area contributed by atoms with Crippen LogP contribution in [0.5, 0.6) is 0 Å². The summed E-state index contributed by atoms with van der Waals surface area (Å²) in [6.07, 6.45) is -31.0. The van der Waals surface area contributed by atoms with E-state index in [1.807, 2.05) is 0 Å². The number of ether oxygens (including phenoxy) is 12. The number of nitrogens with one attached hydrogen (secondary N) is 3. The van der Waals surface area contributed by atoms with Gasteiger partial charge in [0.1, 0.15) is 128 Å². The second-order valence-electron chi connectivity index (χ2n) is 34.2. The first-order valence-corrected chi connectivity index (χ1v) is 45.1. The number of ketones is 1. The van der Waals surface area contributed by atoms with Crippen LogP contribution in [0.2, 0.25) is 0 Å². The molecule has 42 heteroatoms. The molecule has 6 aliphatic heterocycles. The zero-order chi connectivity index (χ0) is 93.8. The van der Waals surface area contributed by atoms with E-state index >= 15 is 0 Å². The van der Waals surface area contributed by atoms with Crippen LogP contribution in [0.25, 0.3) is 0 Å². The molecule has 0 aromatic rings.